The number of hydrogen-bond acceptors (Lipinski definition) is 7. The highest BCUT2D eigenvalue weighted by atomic mass is 32.1. The average Bonchev–Trinajstić information content (AvgIpc) is 3.20. The molecule has 2 aliphatic heterocycles. The van der Waals surface area contributed by atoms with Gasteiger partial charge in [0.25, 0.3) is 0 Å². The van der Waals surface area contributed by atoms with Gasteiger partial charge >= 0.3 is 0 Å². The lowest BCUT2D eigenvalue weighted by Gasteiger charge is -2.30. The van der Waals surface area contributed by atoms with E-state index >= 15 is 0 Å². The van der Waals surface area contributed by atoms with E-state index in [1.165, 1.54) is 0 Å². The SMILES string of the molecule is Cc1nc(CN2CCC(C(=O)Nc3ccc(NC(=O)CN4CCOCC4)cc3)CC2)cs1. The predicted molar refractivity (Wildman–Crippen MR) is 126 cm³/mol. The summed E-state index contributed by atoms with van der Waals surface area (Å²) in [6.45, 7) is 7.96. The topological polar surface area (TPSA) is 86.8 Å². The second kappa shape index (κ2) is 11.0. The van der Waals surface area contributed by atoms with Crippen molar-refractivity contribution in [2.75, 3.05) is 56.6 Å². The van der Waals surface area contributed by atoms with Gasteiger partial charge in [-0.15, -0.1) is 11.3 Å². The quantitative estimate of drug-likeness (QED) is 0.665. The molecule has 2 saturated heterocycles. The number of nitrogens with one attached hydrogen (secondary N) is 2. The van der Waals surface area contributed by atoms with Gasteiger partial charge in [-0.05, 0) is 57.1 Å². The summed E-state index contributed by atoms with van der Waals surface area (Å²) in [5, 5.41) is 9.15. The van der Waals surface area contributed by atoms with Crippen LogP contribution in [0.1, 0.15) is 23.5 Å². The van der Waals surface area contributed by atoms with Crippen molar-refractivity contribution in [3.05, 3.63) is 40.3 Å². The Morgan fingerprint density at radius 1 is 1.03 bits per heavy atom. The van der Waals surface area contributed by atoms with Gasteiger partial charge < -0.3 is 15.4 Å². The van der Waals surface area contributed by atoms with Crippen molar-refractivity contribution in [1.82, 2.24) is 14.8 Å². The number of thiazole rings is 1. The summed E-state index contributed by atoms with van der Waals surface area (Å²) < 4.78 is 5.31. The highest BCUT2D eigenvalue weighted by molar-refractivity contribution is 7.09. The van der Waals surface area contributed by atoms with Crippen molar-refractivity contribution in [3.8, 4) is 0 Å². The largest absolute Gasteiger partial charge is 0.379 e. The molecule has 0 aliphatic carbocycles. The number of rotatable bonds is 7. The second-order valence-electron chi connectivity index (χ2n) is 8.41. The van der Waals surface area contributed by atoms with Gasteiger partial charge in [-0.3, -0.25) is 19.4 Å². The van der Waals surface area contributed by atoms with E-state index in [1.54, 1.807) is 11.3 Å². The van der Waals surface area contributed by atoms with Crippen LogP contribution >= 0.6 is 11.3 Å². The minimum absolute atomic E-state index is 0.0244. The fourth-order valence-corrected chi connectivity index (χ4v) is 4.71. The Bertz CT molecular complexity index is 903. The van der Waals surface area contributed by atoms with E-state index in [0.29, 0.717) is 19.8 Å². The molecule has 2 N–H and O–H groups in total. The van der Waals surface area contributed by atoms with Crippen LogP contribution in [0, 0.1) is 12.8 Å². The third-order valence-electron chi connectivity index (χ3n) is 5.92. The summed E-state index contributed by atoms with van der Waals surface area (Å²) in [5.74, 6) is 0.0536. The van der Waals surface area contributed by atoms with Crippen LogP contribution in [0.25, 0.3) is 0 Å². The molecule has 32 heavy (non-hydrogen) atoms. The summed E-state index contributed by atoms with van der Waals surface area (Å²) in [4.78, 5) is 33.9. The van der Waals surface area contributed by atoms with E-state index in [0.717, 1.165) is 67.6 Å². The first-order chi connectivity index (χ1) is 15.5. The molecule has 2 fully saturated rings. The van der Waals surface area contributed by atoms with E-state index < -0.39 is 0 Å². The van der Waals surface area contributed by atoms with Gasteiger partial charge in [0.1, 0.15) is 0 Å². The van der Waals surface area contributed by atoms with Gasteiger partial charge in [-0.1, -0.05) is 0 Å². The third-order valence-corrected chi connectivity index (χ3v) is 6.74. The van der Waals surface area contributed by atoms with E-state index in [-0.39, 0.29) is 17.7 Å². The molecule has 0 spiro atoms. The van der Waals surface area contributed by atoms with E-state index in [1.807, 2.05) is 31.2 Å². The predicted octanol–water partition coefficient (Wildman–Crippen LogP) is 2.57. The maximum Gasteiger partial charge on any atom is 0.238 e. The molecule has 172 valence electrons. The van der Waals surface area contributed by atoms with Crippen LogP contribution in [-0.4, -0.2) is 72.5 Å². The number of likely N-dealkylation sites (tertiary alicyclic amines) is 1. The molecule has 0 radical (unpaired) electrons. The number of carbonyl (C=O) groups is 2. The zero-order valence-corrected chi connectivity index (χ0v) is 19.3. The lowest BCUT2D eigenvalue weighted by molar-refractivity contribution is -0.121. The molecule has 2 aromatic rings. The summed E-state index contributed by atoms with van der Waals surface area (Å²) in [7, 11) is 0. The Hall–Kier alpha value is -2.33. The molecule has 0 unspecified atom stereocenters. The Labute approximate surface area is 193 Å². The number of anilines is 2. The number of morpholine rings is 1. The van der Waals surface area contributed by atoms with E-state index in [9.17, 15) is 9.59 Å². The van der Waals surface area contributed by atoms with Gasteiger partial charge in [-0.2, -0.15) is 0 Å². The highest BCUT2D eigenvalue weighted by Crippen LogP contribution is 2.22. The number of ether oxygens (including phenoxy) is 1. The van der Waals surface area contributed by atoms with Crippen molar-refractivity contribution < 1.29 is 14.3 Å². The molecule has 0 atom stereocenters. The Morgan fingerprint density at radius 2 is 1.69 bits per heavy atom. The molecule has 3 heterocycles. The lowest BCUT2D eigenvalue weighted by atomic mass is 9.95. The monoisotopic (exact) mass is 457 g/mol. The number of nitrogens with zero attached hydrogens (tertiary/aromatic N) is 3. The van der Waals surface area contributed by atoms with Crippen LogP contribution in [0.5, 0.6) is 0 Å². The Balaban J connectivity index is 1.19. The standard InChI is InChI=1S/C23H31N5O3S/c1-17-24-21(16-32-17)14-27-8-6-18(7-9-27)23(30)26-20-4-2-19(3-5-20)25-22(29)15-28-10-12-31-13-11-28/h2-5,16,18H,6-15H2,1H3,(H,25,29)(H,26,30). The highest BCUT2D eigenvalue weighted by Gasteiger charge is 2.25. The van der Waals surface area contributed by atoms with Crippen LogP contribution in [0.15, 0.2) is 29.6 Å². The molecule has 8 nitrogen and oxygen atoms in total. The maximum absolute atomic E-state index is 12.7. The summed E-state index contributed by atoms with van der Waals surface area (Å²) >= 11 is 1.68. The van der Waals surface area contributed by atoms with E-state index in [2.05, 4.69) is 30.8 Å². The van der Waals surface area contributed by atoms with Crippen molar-refractivity contribution >= 4 is 34.5 Å². The van der Waals surface area contributed by atoms with Gasteiger partial charge in [-0.25, -0.2) is 4.98 Å². The number of carbonyl (C=O) groups excluding carboxylic acids is 2. The van der Waals surface area contributed by atoms with Crippen LogP contribution in [0.3, 0.4) is 0 Å². The van der Waals surface area contributed by atoms with Gasteiger partial charge in [0.2, 0.25) is 11.8 Å². The zero-order valence-electron chi connectivity index (χ0n) is 18.5. The number of aryl methyl sites for hydroxylation is 1. The first-order valence-electron chi connectivity index (χ1n) is 11.2. The third kappa shape index (κ3) is 6.59. The number of amides is 2. The summed E-state index contributed by atoms with van der Waals surface area (Å²) in [5.41, 5.74) is 2.60. The van der Waals surface area contributed by atoms with Crippen LogP contribution in [-0.2, 0) is 20.9 Å². The van der Waals surface area contributed by atoms with Crippen molar-refractivity contribution in [2.45, 2.75) is 26.3 Å². The first kappa shape index (κ1) is 22.8. The lowest BCUT2D eigenvalue weighted by Crippen LogP contribution is -2.41. The van der Waals surface area contributed by atoms with Gasteiger partial charge in [0, 0.05) is 42.3 Å². The normalized spacial score (nSPS) is 18.4. The molecular formula is C23H31N5O3S. The summed E-state index contributed by atoms with van der Waals surface area (Å²) in [6, 6.07) is 7.32. The molecule has 1 aromatic heterocycles. The first-order valence-corrected chi connectivity index (χ1v) is 12.1. The molecular weight excluding hydrogens is 426 g/mol. The Kier molecular flexibility index (Phi) is 7.85. The summed E-state index contributed by atoms with van der Waals surface area (Å²) in [6.07, 6.45) is 1.70. The van der Waals surface area contributed by atoms with Crippen LogP contribution in [0.2, 0.25) is 0 Å². The fourth-order valence-electron chi connectivity index (χ4n) is 4.11. The number of piperidine rings is 1. The number of aromatic nitrogens is 1. The minimum Gasteiger partial charge on any atom is -0.379 e. The smallest absolute Gasteiger partial charge is 0.238 e. The molecule has 1 aromatic carbocycles. The zero-order chi connectivity index (χ0) is 22.3. The van der Waals surface area contributed by atoms with Crippen molar-refractivity contribution in [2.24, 2.45) is 5.92 Å². The number of hydrogen-bond donors (Lipinski definition) is 2. The van der Waals surface area contributed by atoms with Crippen LogP contribution in [0.4, 0.5) is 11.4 Å². The van der Waals surface area contributed by atoms with Crippen molar-refractivity contribution in [3.63, 3.8) is 0 Å². The number of benzene rings is 1. The second-order valence-corrected chi connectivity index (χ2v) is 9.47. The molecule has 0 bridgehead atoms. The average molecular weight is 458 g/mol. The molecule has 9 heteroatoms. The maximum atomic E-state index is 12.7. The molecule has 0 saturated carbocycles. The van der Waals surface area contributed by atoms with Gasteiger partial charge in [0.05, 0.1) is 30.5 Å². The minimum atomic E-state index is -0.0387. The van der Waals surface area contributed by atoms with Gasteiger partial charge in [0.15, 0.2) is 0 Å². The van der Waals surface area contributed by atoms with E-state index in [4.69, 9.17) is 4.74 Å². The fraction of sp³-hybridized carbons (Fsp3) is 0.522. The molecule has 2 amide bonds. The van der Waals surface area contributed by atoms with Crippen molar-refractivity contribution in [1.29, 1.82) is 0 Å². The molecule has 4 rings (SSSR count). The Morgan fingerprint density at radius 3 is 2.31 bits per heavy atom. The molecule has 2 aliphatic rings. The van der Waals surface area contributed by atoms with Crippen LogP contribution < -0.4 is 10.6 Å².